The Morgan fingerprint density at radius 3 is 1.80 bits per heavy atom. The van der Waals surface area contributed by atoms with Crippen LogP contribution in [0.3, 0.4) is 0 Å². The molecule has 0 amide bonds. The van der Waals surface area contributed by atoms with Gasteiger partial charge in [0.1, 0.15) is 5.78 Å². The van der Waals surface area contributed by atoms with Crippen LogP contribution in [0.2, 0.25) is 0 Å². The van der Waals surface area contributed by atoms with Crippen molar-refractivity contribution in [2.75, 3.05) is 13.2 Å². The Kier molecular flexibility index (Phi) is 29.1. The number of carbonyl (C=O) groups is 1. The van der Waals surface area contributed by atoms with Crippen LogP contribution in [-0.4, -0.2) is 25.0 Å². The highest BCUT2D eigenvalue weighted by Crippen LogP contribution is 2.21. The van der Waals surface area contributed by atoms with Crippen molar-refractivity contribution in [3.05, 3.63) is 0 Å². The van der Waals surface area contributed by atoms with Crippen LogP contribution in [0.1, 0.15) is 82.1 Å². The summed E-state index contributed by atoms with van der Waals surface area (Å²) in [5.74, 6) is 0.215. The molecule has 0 aliphatic heterocycles. The molecule has 0 radical (unpaired) electrons. The van der Waals surface area contributed by atoms with Gasteiger partial charge in [0.2, 0.25) is 0 Å². The molecule has 0 spiro atoms. The summed E-state index contributed by atoms with van der Waals surface area (Å²) < 4.78 is 5.54. The van der Waals surface area contributed by atoms with Gasteiger partial charge in [0.05, 0.1) is 6.10 Å². The maximum Gasteiger partial charge on any atom is 0.135 e. The van der Waals surface area contributed by atoms with Gasteiger partial charge >= 0.3 is 0 Å². The Morgan fingerprint density at radius 2 is 1.50 bits per heavy atom. The van der Waals surface area contributed by atoms with E-state index in [1.54, 1.807) is 6.92 Å². The minimum Gasteiger partial charge on any atom is -0.378 e. The van der Waals surface area contributed by atoms with Crippen LogP contribution < -0.4 is 5.73 Å². The van der Waals surface area contributed by atoms with Gasteiger partial charge in [-0.15, -0.1) is 0 Å². The lowest BCUT2D eigenvalue weighted by Gasteiger charge is -2.22. The van der Waals surface area contributed by atoms with Crippen LogP contribution in [0.15, 0.2) is 0 Å². The van der Waals surface area contributed by atoms with Crippen LogP contribution in [0.25, 0.3) is 0 Å². The minimum atomic E-state index is -0.261. The van der Waals surface area contributed by atoms with Crippen LogP contribution in [0.4, 0.5) is 0 Å². The average Bonchev–Trinajstić information content (AvgIpc) is 2.45. The standard InChI is InChI=1S/C11H23NO2.3C2H6/c1-9(5-7-12)14-8-6-11(3,4)10(2)13;3*1-2/h9H,5-8,12H2,1-4H3;3*1-2H3. The zero-order valence-corrected chi connectivity index (χ0v) is 15.8. The highest BCUT2D eigenvalue weighted by atomic mass is 16.5. The van der Waals surface area contributed by atoms with E-state index in [9.17, 15) is 4.79 Å². The molecule has 0 bridgehead atoms. The maximum absolute atomic E-state index is 11.2. The summed E-state index contributed by atoms with van der Waals surface area (Å²) in [5.41, 5.74) is 5.14. The first-order valence-corrected chi connectivity index (χ1v) is 8.23. The summed E-state index contributed by atoms with van der Waals surface area (Å²) in [7, 11) is 0. The fourth-order valence-electron chi connectivity index (χ4n) is 1.01. The summed E-state index contributed by atoms with van der Waals surface area (Å²) >= 11 is 0. The largest absolute Gasteiger partial charge is 0.378 e. The molecule has 126 valence electrons. The third-order valence-electron chi connectivity index (χ3n) is 2.66. The van der Waals surface area contributed by atoms with Crippen molar-refractivity contribution >= 4 is 5.78 Å². The highest BCUT2D eigenvalue weighted by Gasteiger charge is 2.23. The second-order valence-corrected chi connectivity index (χ2v) is 4.45. The molecule has 0 aromatic carbocycles. The van der Waals surface area contributed by atoms with E-state index < -0.39 is 0 Å². The lowest BCUT2D eigenvalue weighted by molar-refractivity contribution is -0.126. The molecule has 1 unspecified atom stereocenters. The van der Waals surface area contributed by atoms with E-state index in [2.05, 4.69) is 0 Å². The van der Waals surface area contributed by atoms with E-state index >= 15 is 0 Å². The second-order valence-electron chi connectivity index (χ2n) is 4.45. The molecule has 0 aromatic heterocycles. The molecule has 0 saturated heterocycles. The molecule has 0 aliphatic rings. The third-order valence-corrected chi connectivity index (χ3v) is 2.66. The number of hydrogen-bond acceptors (Lipinski definition) is 3. The first kappa shape index (κ1) is 27.9. The van der Waals surface area contributed by atoms with Crippen LogP contribution in [-0.2, 0) is 9.53 Å². The number of ether oxygens (including phenoxy) is 1. The predicted molar refractivity (Wildman–Crippen MR) is 92.2 cm³/mol. The van der Waals surface area contributed by atoms with Crippen molar-refractivity contribution in [3.8, 4) is 0 Å². The van der Waals surface area contributed by atoms with E-state index in [0.29, 0.717) is 13.2 Å². The fourth-order valence-corrected chi connectivity index (χ4v) is 1.01. The lowest BCUT2D eigenvalue weighted by Crippen LogP contribution is -2.24. The van der Waals surface area contributed by atoms with Crippen molar-refractivity contribution in [1.82, 2.24) is 0 Å². The number of nitrogens with two attached hydrogens (primary N) is 1. The molecule has 0 aliphatic carbocycles. The molecule has 1 atom stereocenters. The summed E-state index contributed by atoms with van der Waals surface area (Å²) in [6.07, 6.45) is 1.85. The van der Waals surface area contributed by atoms with Gasteiger partial charge < -0.3 is 10.5 Å². The molecule has 3 heteroatoms. The second kappa shape index (κ2) is 20.9. The number of ketones is 1. The molecule has 0 saturated carbocycles. The van der Waals surface area contributed by atoms with Gasteiger partial charge in [0, 0.05) is 12.0 Å². The maximum atomic E-state index is 11.2. The van der Waals surface area contributed by atoms with Crippen molar-refractivity contribution in [3.63, 3.8) is 0 Å². The van der Waals surface area contributed by atoms with E-state index in [-0.39, 0.29) is 17.3 Å². The van der Waals surface area contributed by atoms with E-state index in [1.165, 1.54) is 0 Å². The molecular weight excluding hydrogens is 250 g/mol. The molecule has 20 heavy (non-hydrogen) atoms. The highest BCUT2D eigenvalue weighted by molar-refractivity contribution is 5.81. The molecule has 0 heterocycles. The summed E-state index contributed by atoms with van der Waals surface area (Å²) in [5, 5.41) is 0. The van der Waals surface area contributed by atoms with Crippen molar-refractivity contribution in [1.29, 1.82) is 0 Å². The minimum absolute atomic E-state index is 0.197. The van der Waals surface area contributed by atoms with Crippen molar-refractivity contribution in [2.45, 2.75) is 88.2 Å². The van der Waals surface area contributed by atoms with Gasteiger partial charge in [-0.25, -0.2) is 0 Å². The quantitative estimate of drug-likeness (QED) is 0.731. The summed E-state index contributed by atoms with van der Waals surface area (Å²) in [4.78, 5) is 11.2. The molecular formula is C17H41NO2. The van der Waals surface area contributed by atoms with E-state index in [4.69, 9.17) is 10.5 Å². The van der Waals surface area contributed by atoms with E-state index in [0.717, 1.165) is 12.8 Å². The lowest BCUT2D eigenvalue weighted by atomic mass is 9.86. The number of carbonyl (C=O) groups excluding carboxylic acids is 1. The zero-order valence-electron chi connectivity index (χ0n) is 15.8. The molecule has 2 N–H and O–H groups in total. The van der Waals surface area contributed by atoms with Crippen molar-refractivity contribution in [2.24, 2.45) is 11.1 Å². The van der Waals surface area contributed by atoms with Gasteiger partial charge in [-0.05, 0) is 33.2 Å². The van der Waals surface area contributed by atoms with Crippen LogP contribution in [0.5, 0.6) is 0 Å². The SMILES string of the molecule is CC.CC.CC.CC(=O)C(C)(C)CCOC(C)CCN. The third kappa shape index (κ3) is 19.9. The van der Waals surface area contributed by atoms with Crippen LogP contribution in [0, 0.1) is 5.41 Å². The fraction of sp³-hybridized carbons (Fsp3) is 0.941. The Balaban J connectivity index is -0.000000187. The predicted octanol–water partition coefficient (Wildman–Crippen LogP) is 4.82. The zero-order chi connectivity index (χ0) is 17.2. The Morgan fingerprint density at radius 1 is 1.10 bits per heavy atom. The smallest absolute Gasteiger partial charge is 0.135 e. The average molecular weight is 292 g/mol. The monoisotopic (exact) mass is 291 g/mol. The topological polar surface area (TPSA) is 52.3 Å². The number of hydrogen-bond donors (Lipinski definition) is 1. The first-order valence-electron chi connectivity index (χ1n) is 8.23. The Bertz CT molecular complexity index is 180. The molecule has 0 rings (SSSR count). The summed E-state index contributed by atoms with van der Waals surface area (Å²) in [6.45, 7) is 20.8. The van der Waals surface area contributed by atoms with Gasteiger partial charge in [0.25, 0.3) is 0 Å². The van der Waals surface area contributed by atoms with Crippen molar-refractivity contribution < 1.29 is 9.53 Å². The molecule has 0 fully saturated rings. The normalized spacial score (nSPS) is 10.8. The van der Waals surface area contributed by atoms with E-state index in [1.807, 2.05) is 62.3 Å². The molecule has 0 aromatic rings. The Hall–Kier alpha value is -0.410. The molecule has 3 nitrogen and oxygen atoms in total. The van der Waals surface area contributed by atoms with Crippen LogP contribution >= 0.6 is 0 Å². The van der Waals surface area contributed by atoms with Gasteiger partial charge in [0.15, 0.2) is 0 Å². The first-order chi connectivity index (χ1) is 9.40. The van der Waals surface area contributed by atoms with Gasteiger partial charge in [-0.3, -0.25) is 4.79 Å². The number of Topliss-reactive ketones (excluding diaryl/α,β-unsaturated/α-hetero) is 1. The van der Waals surface area contributed by atoms with Gasteiger partial charge in [-0.2, -0.15) is 0 Å². The van der Waals surface area contributed by atoms with Gasteiger partial charge in [-0.1, -0.05) is 55.4 Å². The summed E-state index contributed by atoms with van der Waals surface area (Å²) in [6, 6.07) is 0. The number of rotatable bonds is 7. The Labute approximate surface area is 128 Å².